The Morgan fingerprint density at radius 2 is 1.57 bits per heavy atom. The molecule has 1 unspecified atom stereocenters. The van der Waals surface area contributed by atoms with E-state index in [4.69, 9.17) is 4.74 Å². The van der Waals surface area contributed by atoms with E-state index < -0.39 is 6.10 Å². The molecule has 0 saturated heterocycles. The smallest absolute Gasteiger partial charge is 0.119 e. The first-order valence-electron chi connectivity index (χ1n) is 7.48. The van der Waals surface area contributed by atoms with Crippen LogP contribution in [-0.4, -0.2) is 11.7 Å². The molecule has 2 aromatic rings. The largest absolute Gasteiger partial charge is 0.491 e. The van der Waals surface area contributed by atoms with E-state index in [1.54, 1.807) is 0 Å². The van der Waals surface area contributed by atoms with Crippen LogP contribution in [0, 0.1) is 20.8 Å². The summed E-state index contributed by atoms with van der Waals surface area (Å²) in [5, 5.41) is 10.4. The number of benzene rings is 2. The highest BCUT2D eigenvalue weighted by Gasteiger charge is 2.14. The first-order valence-corrected chi connectivity index (χ1v) is 7.48. The number of aliphatic hydroxyl groups is 1. The van der Waals surface area contributed by atoms with E-state index in [0.717, 1.165) is 28.9 Å². The van der Waals surface area contributed by atoms with E-state index in [1.165, 1.54) is 11.1 Å². The van der Waals surface area contributed by atoms with Gasteiger partial charge in [-0.1, -0.05) is 36.8 Å². The third-order valence-corrected chi connectivity index (χ3v) is 3.81. The molecule has 21 heavy (non-hydrogen) atoms. The van der Waals surface area contributed by atoms with Crippen LogP contribution >= 0.6 is 0 Å². The fraction of sp³-hybridized carbons (Fsp3) is 0.368. The van der Waals surface area contributed by atoms with Crippen molar-refractivity contribution in [2.45, 2.75) is 40.2 Å². The lowest BCUT2D eigenvalue weighted by Gasteiger charge is -2.18. The van der Waals surface area contributed by atoms with Gasteiger partial charge in [0.2, 0.25) is 0 Å². The number of aliphatic hydroxyl groups excluding tert-OH is 1. The predicted octanol–water partition coefficient (Wildman–Crippen LogP) is 4.29. The van der Waals surface area contributed by atoms with Gasteiger partial charge in [0.1, 0.15) is 18.5 Å². The van der Waals surface area contributed by atoms with Crippen LogP contribution in [0.4, 0.5) is 0 Å². The van der Waals surface area contributed by atoms with Gasteiger partial charge in [-0.05, 0) is 61.6 Å². The maximum atomic E-state index is 10.4. The van der Waals surface area contributed by atoms with Crippen LogP contribution in [0.3, 0.4) is 0 Å². The molecule has 0 bridgehead atoms. The highest BCUT2D eigenvalue weighted by Crippen LogP contribution is 2.24. The lowest BCUT2D eigenvalue weighted by molar-refractivity contribution is 0.107. The molecule has 0 heterocycles. The van der Waals surface area contributed by atoms with E-state index in [2.05, 4.69) is 38.1 Å². The Labute approximate surface area is 127 Å². The van der Waals surface area contributed by atoms with Gasteiger partial charge < -0.3 is 9.84 Å². The number of hydrogen-bond donors (Lipinski definition) is 1. The van der Waals surface area contributed by atoms with Crippen molar-refractivity contribution in [3.63, 3.8) is 0 Å². The van der Waals surface area contributed by atoms with Crippen molar-refractivity contribution in [3.05, 3.63) is 64.2 Å². The molecule has 0 spiro atoms. The molecule has 1 N–H and O–H groups in total. The fourth-order valence-corrected chi connectivity index (χ4v) is 2.80. The molecule has 2 rings (SSSR count). The van der Waals surface area contributed by atoms with Gasteiger partial charge in [-0.15, -0.1) is 0 Å². The summed E-state index contributed by atoms with van der Waals surface area (Å²) in [6, 6.07) is 12.2. The highest BCUT2D eigenvalue weighted by molar-refractivity contribution is 5.39. The molecule has 0 amide bonds. The maximum Gasteiger partial charge on any atom is 0.119 e. The Morgan fingerprint density at radius 3 is 2.10 bits per heavy atom. The topological polar surface area (TPSA) is 29.5 Å². The number of hydrogen-bond acceptors (Lipinski definition) is 2. The second-order valence-corrected chi connectivity index (χ2v) is 5.64. The van der Waals surface area contributed by atoms with Gasteiger partial charge in [-0.25, -0.2) is 0 Å². The fourth-order valence-electron chi connectivity index (χ4n) is 2.80. The van der Waals surface area contributed by atoms with Crippen molar-refractivity contribution in [2.24, 2.45) is 0 Å². The second-order valence-electron chi connectivity index (χ2n) is 5.64. The Morgan fingerprint density at radius 1 is 1.00 bits per heavy atom. The van der Waals surface area contributed by atoms with Crippen molar-refractivity contribution in [3.8, 4) is 5.75 Å². The first kappa shape index (κ1) is 15.6. The minimum atomic E-state index is -0.601. The summed E-state index contributed by atoms with van der Waals surface area (Å²) in [6.07, 6.45) is 0.418. The van der Waals surface area contributed by atoms with Crippen LogP contribution < -0.4 is 4.74 Å². The van der Waals surface area contributed by atoms with Crippen LogP contribution in [0.2, 0.25) is 0 Å². The third-order valence-electron chi connectivity index (χ3n) is 3.81. The Kier molecular flexibility index (Phi) is 5.03. The minimum Gasteiger partial charge on any atom is -0.491 e. The lowest BCUT2D eigenvalue weighted by Crippen LogP contribution is -2.12. The molecule has 0 fully saturated rings. The number of rotatable bonds is 5. The van der Waals surface area contributed by atoms with Crippen LogP contribution in [0.5, 0.6) is 5.75 Å². The zero-order chi connectivity index (χ0) is 15.4. The summed E-state index contributed by atoms with van der Waals surface area (Å²) in [7, 11) is 0. The SMILES string of the molecule is CCc1ccc(OCC(O)c2c(C)cc(C)cc2C)cc1. The highest BCUT2D eigenvalue weighted by atomic mass is 16.5. The van der Waals surface area contributed by atoms with Gasteiger partial charge in [0.15, 0.2) is 0 Å². The molecule has 2 heteroatoms. The van der Waals surface area contributed by atoms with Crippen molar-refractivity contribution in [1.29, 1.82) is 0 Å². The van der Waals surface area contributed by atoms with Gasteiger partial charge in [0, 0.05) is 0 Å². The summed E-state index contributed by atoms with van der Waals surface area (Å²) < 4.78 is 5.71. The first-order chi connectivity index (χ1) is 10.0. The molecule has 1 atom stereocenters. The van der Waals surface area contributed by atoms with Crippen LogP contribution in [-0.2, 0) is 6.42 Å². The molecule has 112 valence electrons. The molecule has 0 aliphatic carbocycles. The zero-order valence-electron chi connectivity index (χ0n) is 13.3. The summed E-state index contributed by atoms with van der Waals surface area (Å²) in [4.78, 5) is 0. The average molecular weight is 284 g/mol. The second kappa shape index (κ2) is 6.77. The lowest BCUT2D eigenvalue weighted by atomic mass is 9.96. The molecule has 0 aromatic heterocycles. The standard InChI is InChI=1S/C19H24O2/c1-5-16-6-8-17(9-7-16)21-12-18(20)19-14(3)10-13(2)11-15(19)4/h6-11,18,20H,5,12H2,1-4H3. The van der Waals surface area contributed by atoms with Gasteiger partial charge in [-0.3, -0.25) is 0 Å². The van der Waals surface area contributed by atoms with E-state index in [0.29, 0.717) is 0 Å². The molecule has 2 aromatic carbocycles. The quantitative estimate of drug-likeness (QED) is 0.887. The normalized spacial score (nSPS) is 12.2. The van der Waals surface area contributed by atoms with Crippen molar-refractivity contribution >= 4 is 0 Å². The molecule has 0 saturated carbocycles. The zero-order valence-corrected chi connectivity index (χ0v) is 13.3. The molecule has 0 aliphatic heterocycles. The summed E-state index contributed by atoms with van der Waals surface area (Å²) >= 11 is 0. The maximum absolute atomic E-state index is 10.4. The Hall–Kier alpha value is -1.80. The summed E-state index contributed by atoms with van der Waals surface area (Å²) in [6.45, 7) is 8.55. The van der Waals surface area contributed by atoms with Crippen molar-refractivity contribution < 1.29 is 9.84 Å². The van der Waals surface area contributed by atoms with E-state index in [1.807, 2.05) is 26.0 Å². The van der Waals surface area contributed by atoms with Gasteiger partial charge in [0.05, 0.1) is 0 Å². The Balaban J connectivity index is 2.06. The van der Waals surface area contributed by atoms with Gasteiger partial charge in [0.25, 0.3) is 0 Å². The van der Waals surface area contributed by atoms with E-state index in [-0.39, 0.29) is 6.61 Å². The number of ether oxygens (including phenoxy) is 1. The third kappa shape index (κ3) is 3.85. The van der Waals surface area contributed by atoms with Crippen molar-refractivity contribution in [2.75, 3.05) is 6.61 Å². The van der Waals surface area contributed by atoms with Crippen LogP contribution in [0.15, 0.2) is 36.4 Å². The monoisotopic (exact) mass is 284 g/mol. The van der Waals surface area contributed by atoms with Crippen molar-refractivity contribution in [1.82, 2.24) is 0 Å². The van der Waals surface area contributed by atoms with Crippen LogP contribution in [0.25, 0.3) is 0 Å². The van der Waals surface area contributed by atoms with Gasteiger partial charge in [-0.2, -0.15) is 0 Å². The van der Waals surface area contributed by atoms with Gasteiger partial charge >= 0.3 is 0 Å². The predicted molar refractivity (Wildman–Crippen MR) is 86.9 cm³/mol. The average Bonchev–Trinajstić information content (AvgIpc) is 2.44. The molecular weight excluding hydrogens is 260 g/mol. The molecular formula is C19H24O2. The number of aryl methyl sites for hydroxylation is 4. The molecule has 2 nitrogen and oxygen atoms in total. The minimum absolute atomic E-state index is 0.274. The Bertz CT molecular complexity index is 576. The van der Waals surface area contributed by atoms with E-state index >= 15 is 0 Å². The summed E-state index contributed by atoms with van der Waals surface area (Å²) in [5.74, 6) is 0.800. The molecule has 0 aliphatic rings. The van der Waals surface area contributed by atoms with Crippen LogP contribution in [0.1, 0.15) is 40.8 Å². The molecule has 0 radical (unpaired) electrons. The summed E-state index contributed by atoms with van der Waals surface area (Å²) in [5.41, 5.74) is 5.71. The van der Waals surface area contributed by atoms with E-state index in [9.17, 15) is 5.11 Å².